The van der Waals surface area contributed by atoms with Gasteiger partial charge in [0.2, 0.25) is 0 Å². The van der Waals surface area contributed by atoms with Crippen molar-refractivity contribution in [3.8, 4) is 0 Å². The van der Waals surface area contributed by atoms with Gasteiger partial charge in [-0.15, -0.1) is 0 Å². The van der Waals surface area contributed by atoms with Crippen LogP contribution < -0.4 is 0 Å². The van der Waals surface area contributed by atoms with Gasteiger partial charge in [0.1, 0.15) is 0 Å². The Kier molecular flexibility index (Phi) is 2.73. The van der Waals surface area contributed by atoms with Gasteiger partial charge in [-0.3, -0.25) is 0 Å². The molecule has 0 nitrogen and oxygen atoms in total. The Morgan fingerprint density at radius 2 is 2.30 bits per heavy atom. The topological polar surface area (TPSA) is 0 Å². The predicted octanol–water partition coefficient (Wildman–Crippen LogP) is 3.45. The molecule has 0 aliphatic heterocycles. The fraction of sp³-hybridized carbons (Fsp3) is 0.600. The second-order valence-electron chi connectivity index (χ2n) is 3.08. The van der Waals surface area contributed by atoms with Gasteiger partial charge in [0.05, 0.1) is 0 Å². The molecule has 0 N–H and O–H groups in total. The van der Waals surface area contributed by atoms with E-state index in [0.717, 1.165) is 0 Å². The van der Waals surface area contributed by atoms with E-state index in [1.807, 2.05) is 0 Å². The summed E-state index contributed by atoms with van der Waals surface area (Å²) in [6, 6.07) is 0. The second kappa shape index (κ2) is 3.60. The normalized spacial score (nSPS) is 17.0. The average molecular weight is 136 g/mol. The molecule has 0 spiro atoms. The number of allylic oxidation sites excluding steroid dienone is 4. The highest BCUT2D eigenvalue weighted by atomic mass is 14.1. The van der Waals surface area contributed by atoms with Crippen molar-refractivity contribution < 1.29 is 0 Å². The van der Waals surface area contributed by atoms with Crippen LogP contribution in [0.1, 0.15) is 39.5 Å². The Morgan fingerprint density at radius 1 is 1.50 bits per heavy atom. The fourth-order valence-electron chi connectivity index (χ4n) is 1.28. The van der Waals surface area contributed by atoms with Gasteiger partial charge in [0, 0.05) is 0 Å². The van der Waals surface area contributed by atoms with Crippen LogP contribution in [0.5, 0.6) is 0 Å². The van der Waals surface area contributed by atoms with Crippen molar-refractivity contribution in [3.05, 3.63) is 23.3 Å². The molecule has 0 heteroatoms. The smallest absolute Gasteiger partial charge is 0.0133 e. The third-order valence-corrected chi connectivity index (χ3v) is 1.94. The summed E-state index contributed by atoms with van der Waals surface area (Å²) in [6.45, 7) is 4.45. The van der Waals surface area contributed by atoms with E-state index in [0.29, 0.717) is 0 Å². The number of hydrogen-bond donors (Lipinski definition) is 0. The quantitative estimate of drug-likeness (QED) is 0.557. The molecule has 0 aromatic carbocycles. The zero-order chi connectivity index (χ0) is 7.40. The van der Waals surface area contributed by atoms with Gasteiger partial charge >= 0.3 is 0 Å². The Balaban J connectivity index is 2.29. The highest BCUT2D eigenvalue weighted by Gasteiger charge is 2.00. The molecule has 0 aromatic rings. The lowest BCUT2D eigenvalue weighted by atomic mass is 10.1. The largest absolute Gasteiger partial charge is 0.0773 e. The monoisotopic (exact) mass is 136 g/mol. The summed E-state index contributed by atoms with van der Waals surface area (Å²) in [5.41, 5.74) is 3.07. The van der Waals surface area contributed by atoms with E-state index in [1.165, 1.54) is 31.3 Å². The maximum atomic E-state index is 2.35. The molecule has 0 amide bonds. The number of unbranched alkanes of at least 4 members (excludes halogenated alkanes) is 1. The maximum Gasteiger partial charge on any atom is -0.0133 e. The number of rotatable bonds is 3. The van der Waals surface area contributed by atoms with E-state index in [-0.39, 0.29) is 0 Å². The SMILES string of the molecule is CCCCC1=CCC(C)=C1. The lowest BCUT2D eigenvalue weighted by Crippen LogP contribution is -1.74. The van der Waals surface area contributed by atoms with E-state index in [2.05, 4.69) is 26.0 Å². The van der Waals surface area contributed by atoms with Gasteiger partial charge in [0.25, 0.3) is 0 Å². The zero-order valence-electron chi connectivity index (χ0n) is 6.98. The Morgan fingerprint density at radius 3 is 2.80 bits per heavy atom. The molecule has 0 unspecified atom stereocenters. The number of hydrogen-bond acceptors (Lipinski definition) is 0. The minimum Gasteiger partial charge on any atom is -0.0773 e. The molecule has 0 saturated carbocycles. The van der Waals surface area contributed by atoms with Crippen molar-refractivity contribution in [2.75, 3.05) is 0 Å². The van der Waals surface area contributed by atoms with Crippen molar-refractivity contribution >= 4 is 0 Å². The molecule has 0 saturated heterocycles. The molecular weight excluding hydrogens is 120 g/mol. The van der Waals surface area contributed by atoms with Crippen LogP contribution in [-0.4, -0.2) is 0 Å². The molecule has 0 heterocycles. The first-order valence-electron chi connectivity index (χ1n) is 4.19. The molecule has 0 radical (unpaired) electrons. The fourth-order valence-corrected chi connectivity index (χ4v) is 1.28. The minimum atomic E-state index is 1.19. The first kappa shape index (κ1) is 7.59. The van der Waals surface area contributed by atoms with E-state index in [1.54, 1.807) is 5.57 Å². The first-order chi connectivity index (χ1) is 4.83. The molecule has 1 aliphatic carbocycles. The van der Waals surface area contributed by atoms with Crippen LogP contribution in [-0.2, 0) is 0 Å². The minimum absolute atomic E-state index is 1.19. The van der Waals surface area contributed by atoms with Gasteiger partial charge in [-0.2, -0.15) is 0 Å². The van der Waals surface area contributed by atoms with Crippen molar-refractivity contribution in [1.82, 2.24) is 0 Å². The summed E-state index contributed by atoms with van der Waals surface area (Å²) in [5, 5.41) is 0. The van der Waals surface area contributed by atoms with E-state index < -0.39 is 0 Å². The highest BCUT2D eigenvalue weighted by molar-refractivity contribution is 5.31. The van der Waals surface area contributed by atoms with Gasteiger partial charge in [0.15, 0.2) is 0 Å². The first-order valence-corrected chi connectivity index (χ1v) is 4.19. The molecule has 56 valence electrons. The van der Waals surface area contributed by atoms with Crippen LogP contribution in [0.2, 0.25) is 0 Å². The summed E-state index contributed by atoms with van der Waals surface area (Å²) in [7, 11) is 0. The van der Waals surface area contributed by atoms with Crippen molar-refractivity contribution in [3.63, 3.8) is 0 Å². The summed E-state index contributed by atoms with van der Waals surface area (Å²) in [6.07, 6.45) is 9.81. The molecule has 10 heavy (non-hydrogen) atoms. The third kappa shape index (κ3) is 2.02. The van der Waals surface area contributed by atoms with Gasteiger partial charge in [-0.25, -0.2) is 0 Å². The summed E-state index contributed by atoms with van der Waals surface area (Å²) in [4.78, 5) is 0. The molecule has 0 aromatic heterocycles. The standard InChI is InChI=1S/C10H16/c1-3-4-5-10-7-6-9(2)8-10/h7-8H,3-6H2,1-2H3. The molecule has 1 aliphatic rings. The Bertz CT molecular complexity index is 161. The lowest BCUT2D eigenvalue weighted by molar-refractivity contribution is 0.798. The van der Waals surface area contributed by atoms with Crippen LogP contribution in [0.25, 0.3) is 0 Å². The van der Waals surface area contributed by atoms with Crippen LogP contribution in [0.4, 0.5) is 0 Å². The maximum absolute atomic E-state index is 2.35. The average Bonchev–Trinajstić information content (AvgIpc) is 2.31. The van der Waals surface area contributed by atoms with Crippen LogP contribution in [0.3, 0.4) is 0 Å². The summed E-state index contributed by atoms with van der Waals surface area (Å²) >= 11 is 0. The van der Waals surface area contributed by atoms with Crippen LogP contribution in [0, 0.1) is 0 Å². The molecule has 0 bridgehead atoms. The highest BCUT2D eigenvalue weighted by Crippen LogP contribution is 2.20. The molecule has 1 rings (SSSR count). The van der Waals surface area contributed by atoms with Crippen molar-refractivity contribution in [1.29, 1.82) is 0 Å². The van der Waals surface area contributed by atoms with Crippen LogP contribution in [0.15, 0.2) is 23.3 Å². The van der Waals surface area contributed by atoms with E-state index >= 15 is 0 Å². The third-order valence-electron chi connectivity index (χ3n) is 1.94. The van der Waals surface area contributed by atoms with Gasteiger partial charge in [-0.05, 0) is 26.2 Å². The predicted molar refractivity (Wildman–Crippen MR) is 46.0 cm³/mol. The van der Waals surface area contributed by atoms with Crippen LogP contribution >= 0.6 is 0 Å². The van der Waals surface area contributed by atoms with E-state index in [4.69, 9.17) is 0 Å². The van der Waals surface area contributed by atoms with Crippen molar-refractivity contribution in [2.24, 2.45) is 0 Å². The second-order valence-corrected chi connectivity index (χ2v) is 3.08. The summed E-state index contributed by atoms with van der Waals surface area (Å²) < 4.78 is 0. The van der Waals surface area contributed by atoms with Gasteiger partial charge in [-0.1, -0.05) is 36.6 Å². The van der Waals surface area contributed by atoms with Gasteiger partial charge < -0.3 is 0 Å². The molecule has 0 fully saturated rings. The Labute approximate surface area is 63.6 Å². The van der Waals surface area contributed by atoms with Crippen molar-refractivity contribution in [2.45, 2.75) is 39.5 Å². The lowest BCUT2D eigenvalue weighted by Gasteiger charge is -1.94. The molecular formula is C10H16. The summed E-state index contributed by atoms with van der Waals surface area (Å²) in [5.74, 6) is 0. The van der Waals surface area contributed by atoms with E-state index in [9.17, 15) is 0 Å². The molecule has 0 atom stereocenters. The Hall–Kier alpha value is -0.520. The zero-order valence-corrected chi connectivity index (χ0v) is 6.98.